The monoisotopic (exact) mass is 307 g/mol. The molecule has 1 heteroatoms. The molecular formula is C21H41N. The molecule has 0 saturated carbocycles. The van der Waals surface area contributed by atoms with E-state index in [1.165, 1.54) is 90.0 Å². The van der Waals surface area contributed by atoms with Crippen molar-refractivity contribution >= 4 is 0 Å². The summed E-state index contributed by atoms with van der Waals surface area (Å²) in [5.41, 5.74) is 0. The summed E-state index contributed by atoms with van der Waals surface area (Å²) >= 11 is 0. The van der Waals surface area contributed by atoms with Gasteiger partial charge in [0.05, 0.1) is 0 Å². The van der Waals surface area contributed by atoms with Crippen molar-refractivity contribution in [3.05, 3.63) is 24.3 Å². The van der Waals surface area contributed by atoms with Gasteiger partial charge in [0.2, 0.25) is 0 Å². The van der Waals surface area contributed by atoms with Crippen LogP contribution >= 0.6 is 0 Å². The van der Waals surface area contributed by atoms with Crippen LogP contribution in [-0.4, -0.2) is 13.6 Å². The van der Waals surface area contributed by atoms with Gasteiger partial charge >= 0.3 is 0 Å². The van der Waals surface area contributed by atoms with Crippen LogP contribution in [0.4, 0.5) is 0 Å². The van der Waals surface area contributed by atoms with Crippen molar-refractivity contribution < 1.29 is 0 Å². The quantitative estimate of drug-likeness (QED) is 0.230. The van der Waals surface area contributed by atoms with E-state index >= 15 is 0 Å². The standard InChI is InChI=1S/C21H41N/c1-3-4-5-6-7-8-9-10-11-12-13-14-15-16-17-18-19-20-21-22-2/h7-8,10-11,22H,3-6,9,12-21H2,1-2H3/b8-7-,11-10-. The number of rotatable bonds is 17. The van der Waals surface area contributed by atoms with E-state index in [2.05, 4.69) is 36.5 Å². The zero-order valence-electron chi connectivity index (χ0n) is 15.4. The lowest BCUT2D eigenvalue weighted by molar-refractivity contribution is 0.562. The fraction of sp³-hybridized carbons (Fsp3) is 0.810. The first-order valence-corrected chi connectivity index (χ1v) is 9.86. The van der Waals surface area contributed by atoms with Crippen LogP contribution in [0.25, 0.3) is 0 Å². The predicted molar refractivity (Wildman–Crippen MR) is 103 cm³/mol. The first-order chi connectivity index (χ1) is 10.9. The minimum absolute atomic E-state index is 1.12. The molecule has 0 spiro atoms. The third kappa shape index (κ3) is 19.4. The van der Waals surface area contributed by atoms with Gasteiger partial charge in [-0.25, -0.2) is 0 Å². The zero-order valence-corrected chi connectivity index (χ0v) is 15.4. The maximum absolute atomic E-state index is 3.21. The molecule has 0 aromatic heterocycles. The molecule has 0 heterocycles. The second-order valence-electron chi connectivity index (χ2n) is 6.39. The van der Waals surface area contributed by atoms with Gasteiger partial charge in [0, 0.05) is 0 Å². The Hall–Kier alpha value is -0.560. The Labute approximate surface area is 140 Å². The van der Waals surface area contributed by atoms with E-state index in [0.717, 1.165) is 6.42 Å². The Morgan fingerprint density at radius 1 is 0.591 bits per heavy atom. The van der Waals surface area contributed by atoms with Crippen molar-refractivity contribution in [1.29, 1.82) is 0 Å². The fourth-order valence-electron chi connectivity index (χ4n) is 2.64. The Bertz CT molecular complexity index is 242. The number of nitrogens with one attached hydrogen (secondary N) is 1. The van der Waals surface area contributed by atoms with Gasteiger partial charge in [0.1, 0.15) is 0 Å². The van der Waals surface area contributed by atoms with E-state index in [1.807, 2.05) is 7.05 Å². The third-order valence-electron chi connectivity index (χ3n) is 4.13. The topological polar surface area (TPSA) is 12.0 Å². The van der Waals surface area contributed by atoms with Crippen LogP contribution < -0.4 is 5.32 Å². The first-order valence-electron chi connectivity index (χ1n) is 9.86. The van der Waals surface area contributed by atoms with Crippen molar-refractivity contribution in [2.75, 3.05) is 13.6 Å². The molecule has 1 nitrogen and oxygen atoms in total. The number of allylic oxidation sites excluding steroid dienone is 4. The molecule has 0 aromatic carbocycles. The highest BCUT2D eigenvalue weighted by atomic mass is 14.8. The number of hydrogen-bond donors (Lipinski definition) is 1. The van der Waals surface area contributed by atoms with Gasteiger partial charge in [-0.3, -0.25) is 0 Å². The predicted octanol–water partition coefficient (Wildman–Crippen LogP) is 6.80. The van der Waals surface area contributed by atoms with Crippen LogP contribution in [0.3, 0.4) is 0 Å². The molecule has 0 fully saturated rings. The fourth-order valence-corrected chi connectivity index (χ4v) is 2.64. The summed E-state index contributed by atoms with van der Waals surface area (Å²) in [5.74, 6) is 0. The molecule has 0 aliphatic heterocycles. The Kier molecular flexibility index (Phi) is 19.9. The molecule has 0 saturated heterocycles. The molecule has 0 aliphatic carbocycles. The van der Waals surface area contributed by atoms with E-state index in [9.17, 15) is 0 Å². The highest BCUT2D eigenvalue weighted by Crippen LogP contribution is 2.10. The van der Waals surface area contributed by atoms with Crippen LogP contribution in [-0.2, 0) is 0 Å². The molecule has 0 unspecified atom stereocenters. The van der Waals surface area contributed by atoms with E-state index in [4.69, 9.17) is 0 Å². The Morgan fingerprint density at radius 2 is 1.09 bits per heavy atom. The number of unbranched alkanes of at least 4 members (excludes halogenated alkanes) is 11. The number of hydrogen-bond acceptors (Lipinski definition) is 1. The maximum Gasteiger partial charge on any atom is -0.00519 e. The molecule has 0 bridgehead atoms. The van der Waals surface area contributed by atoms with E-state index < -0.39 is 0 Å². The average molecular weight is 308 g/mol. The van der Waals surface area contributed by atoms with Crippen LogP contribution in [0.2, 0.25) is 0 Å². The SMILES string of the molecule is CCCCC/C=C\C/C=C\CCCCCCCCCCNC. The summed E-state index contributed by atoms with van der Waals surface area (Å²) in [6.07, 6.45) is 28.3. The molecule has 130 valence electrons. The molecule has 0 aliphatic rings. The van der Waals surface area contributed by atoms with Crippen LogP contribution in [0.15, 0.2) is 24.3 Å². The zero-order chi connectivity index (χ0) is 16.1. The summed E-state index contributed by atoms with van der Waals surface area (Å²) in [6, 6.07) is 0. The van der Waals surface area contributed by atoms with Gasteiger partial charge < -0.3 is 5.32 Å². The molecular weight excluding hydrogens is 266 g/mol. The van der Waals surface area contributed by atoms with Crippen LogP contribution in [0.1, 0.15) is 96.8 Å². The van der Waals surface area contributed by atoms with Crippen molar-refractivity contribution in [3.63, 3.8) is 0 Å². The van der Waals surface area contributed by atoms with Crippen molar-refractivity contribution in [1.82, 2.24) is 5.32 Å². The average Bonchev–Trinajstić information content (AvgIpc) is 2.54. The largest absolute Gasteiger partial charge is 0.320 e. The Morgan fingerprint density at radius 3 is 1.64 bits per heavy atom. The summed E-state index contributed by atoms with van der Waals surface area (Å²) in [7, 11) is 2.04. The van der Waals surface area contributed by atoms with Crippen LogP contribution in [0, 0.1) is 0 Å². The second-order valence-corrected chi connectivity index (χ2v) is 6.39. The molecule has 0 rings (SSSR count). The normalized spacial score (nSPS) is 11.9. The second kappa shape index (κ2) is 20.4. The summed E-state index contributed by atoms with van der Waals surface area (Å²) in [4.78, 5) is 0. The van der Waals surface area contributed by atoms with E-state index in [-0.39, 0.29) is 0 Å². The molecule has 0 atom stereocenters. The molecule has 0 radical (unpaired) electrons. The summed E-state index contributed by atoms with van der Waals surface area (Å²) < 4.78 is 0. The molecule has 22 heavy (non-hydrogen) atoms. The van der Waals surface area contributed by atoms with Gasteiger partial charge in [-0.1, -0.05) is 82.6 Å². The lowest BCUT2D eigenvalue weighted by atomic mass is 10.1. The van der Waals surface area contributed by atoms with Gasteiger partial charge in [-0.05, 0) is 52.1 Å². The van der Waals surface area contributed by atoms with Gasteiger partial charge in [0.15, 0.2) is 0 Å². The van der Waals surface area contributed by atoms with Crippen molar-refractivity contribution in [3.8, 4) is 0 Å². The lowest BCUT2D eigenvalue weighted by Gasteiger charge is -2.01. The van der Waals surface area contributed by atoms with Gasteiger partial charge in [0.25, 0.3) is 0 Å². The third-order valence-corrected chi connectivity index (χ3v) is 4.13. The smallest absolute Gasteiger partial charge is 0.00519 e. The highest BCUT2D eigenvalue weighted by Gasteiger charge is 1.91. The van der Waals surface area contributed by atoms with Gasteiger partial charge in [-0.2, -0.15) is 0 Å². The minimum atomic E-state index is 1.12. The maximum atomic E-state index is 3.21. The highest BCUT2D eigenvalue weighted by molar-refractivity contribution is 4.92. The minimum Gasteiger partial charge on any atom is -0.320 e. The van der Waals surface area contributed by atoms with Gasteiger partial charge in [-0.15, -0.1) is 0 Å². The molecule has 1 N–H and O–H groups in total. The van der Waals surface area contributed by atoms with E-state index in [0.29, 0.717) is 0 Å². The summed E-state index contributed by atoms with van der Waals surface area (Å²) in [6.45, 7) is 3.44. The van der Waals surface area contributed by atoms with E-state index in [1.54, 1.807) is 0 Å². The lowest BCUT2D eigenvalue weighted by Crippen LogP contribution is -2.06. The van der Waals surface area contributed by atoms with Crippen LogP contribution in [0.5, 0.6) is 0 Å². The molecule has 0 amide bonds. The summed E-state index contributed by atoms with van der Waals surface area (Å²) in [5, 5.41) is 3.21. The first kappa shape index (κ1) is 21.4. The van der Waals surface area contributed by atoms with Crippen molar-refractivity contribution in [2.24, 2.45) is 0 Å². The molecule has 0 aromatic rings. The Balaban J connectivity index is 3.11. The van der Waals surface area contributed by atoms with Crippen molar-refractivity contribution in [2.45, 2.75) is 96.8 Å².